The molecule has 1 heterocycles. The number of H-pyrrole nitrogens is 1. The summed E-state index contributed by atoms with van der Waals surface area (Å²) >= 11 is 3.33. The third kappa shape index (κ3) is 3.26. The summed E-state index contributed by atoms with van der Waals surface area (Å²) in [5.41, 5.74) is 0.903. The van der Waals surface area contributed by atoms with E-state index in [-0.39, 0.29) is 15.0 Å². The van der Waals surface area contributed by atoms with Gasteiger partial charge in [-0.2, -0.15) is 4.98 Å². The molecule has 0 fully saturated rings. The maximum atomic E-state index is 11.4. The largest absolute Gasteiger partial charge is 0.492 e. The Labute approximate surface area is 122 Å². The fourth-order valence-electron chi connectivity index (χ4n) is 1.35. The Hall–Kier alpha value is -1.02. The molecule has 0 amide bonds. The fourth-order valence-corrected chi connectivity index (χ4v) is 2.37. The summed E-state index contributed by atoms with van der Waals surface area (Å²) < 4.78 is 0.219. The van der Waals surface area contributed by atoms with E-state index < -0.39 is 0 Å². The third-order valence-electron chi connectivity index (χ3n) is 2.29. The zero-order valence-electron chi connectivity index (χ0n) is 9.61. The highest BCUT2D eigenvalue weighted by Gasteiger charge is 2.07. The van der Waals surface area contributed by atoms with Gasteiger partial charge < -0.3 is 10.1 Å². The summed E-state index contributed by atoms with van der Waals surface area (Å²) in [6.07, 6.45) is 0. The summed E-state index contributed by atoms with van der Waals surface area (Å²) in [6, 6.07) is 8.10. The van der Waals surface area contributed by atoms with Gasteiger partial charge >= 0.3 is 0 Å². The zero-order valence-corrected chi connectivity index (χ0v) is 12.6. The SMILES string of the molecule is Cc1ccc(SCc2nc(O)c(I)c(=O)[nH]2)cc1. The van der Waals surface area contributed by atoms with Crippen molar-refractivity contribution in [2.75, 3.05) is 0 Å². The van der Waals surface area contributed by atoms with Crippen LogP contribution in [-0.2, 0) is 5.75 Å². The van der Waals surface area contributed by atoms with Crippen LogP contribution in [0.25, 0.3) is 0 Å². The number of aromatic hydroxyl groups is 1. The van der Waals surface area contributed by atoms with Gasteiger partial charge in [-0.25, -0.2) is 0 Å². The number of aromatic nitrogens is 2. The van der Waals surface area contributed by atoms with Crippen LogP contribution in [0.2, 0.25) is 0 Å². The van der Waals surface area contributed by atoms with E-state index in [0.29, 0.717) is 11.6 Å². The average Bonchev–Trinajstić information content (AvgIpc) is 2.35. The standard InChI is InChI=1S/C12H11IN2O2S/c1-7-2-4-8(5-3-7)18-6-9-14-11(16)10(13)12(17)15-9/h2-5H,6H2,1H3,(H2,14,15,16,17). The van der Waals surface area contributed by atoms with Gasteiger partial charge in [-0.05, 0) is 41.6 Å². The molecule has 94 valence electrons. The van der Waals surface area contributed by atoms with Gasteiger partial charge in [-0.3, -0.25) is 4.79 Å². The van der Waals surface area contributed by atoms with Crippen LogP contribution in [0.1, 0.15) is 11.4 Å². The summed E-state index contributed by atoms with van der Waals surface area (Å²) in [4.78, 5) is 19.1. The van der Waals surface area contributed by atoms with Crippen LogP contribution in [-0.4, -0.2) is 15.1 Å². The van der Waals surface area contributed by atoms with Crippen LogP contribution in [0, 0.1) is 10.5 Å². The lowest BCUT2D eigenvalue weighted by atomic mass is 10.2. The number of halogens is 1. The van der Waals surface area contributed by atoms with Gasteiger partial charge in [-0.1, -0.05) is 17.7 Å². The number of aryl methyl sites for hydroxylation is 1. The topological polar surface area (TPSA) is 66.0 Å². The minimum absolute atomic E-state index is 0.209. The number of benzene rings is 1. The summed E-state index contributed by atoms with van der Waals surface area (Å²) in [5, 5.41) is 9.47. The fraction of sp³-hybridized carbons (Fsp3) is 0.167. The van der Waals surface area contributed by atoms with Crippen molar-refractivity contribution in [2.24, 2.45) is 0 Å². The molecule has 2 N–H and O–H groups in total. The van der Waals surface area contributed by atoms with Gasteiger partial charge in [0.1, 0.15) is 9.39 Å². The molecular weight excluding hydrogens is 363 g/mol. The first kappa shape index (κ1) is 13.4. The highest BCUT2D eigenvalue weighted by molar-refractivity contribution is 14.1. The molecule has 2 rings (SSSR count). The van der Waals surface area contributed by atoms with Crippen molar-refractivity contribution >= 4 is 34.4 Å². The average molecular weight is 374 g/mol. The van der Waals surface area contributed by atoms with Crippen molar-refractivity contribution in [1.82, 2.24) is 9.97 Å². The van der Waals surface area contributed by atoms with E-state index in [4.69, 9.17) is 0 Å². The molecule has 0 aliphatic heterocycles. The lowest BCUT2D eigenvalue weighted by molar-refractivity contribution is 0.444. The first-order valence-electron chi connectivity index (χ1n) is 5.23. The van der Waals surface area contributed by atoms with Crippen molar-refractivity contribution in [3.05, 3.63) is 49.6 Å². The molecule has 0 aliphatic carbocycles. The second-order valence-corrected chi connectivity index (χ2v) is 5.88. The molecule has 0 bridgehead atoms. The van der Waals surface area contributed by atoms with Gasteiger partial charge in [0.15, 0.2) is 0 Å². The van der Waals surface area contributed by atoms with Crippen molar-refractivity contribution in [1.29, 1.82) is 0 Å². The molecule has 0 saturated heterocycles. The molecule has 4 nitrogen and oxygen atoms in total. The Morgan fingerprint density at radius 2 is 2.06 bits per heavy atom. The van der Waals surface area contributed by atoms with Crippen molar-refractivity contribution in [3.63, 3.8) is 0 Å². The maximum absolute atomic E-state index is 11.4. The molecule has 0 spiro atoms. The molecule has 6 heteroatoms. The molecule has 2 aromatic rings. The zero-order chi connectivity index (χ0) is 13.1. The number of hydrogen-bond donors (Lipinski definition) is 2. The van der Waals surface area contributed by atoms with Gasteiger partial charge in [0.05, 0.1) is 5.75 Å². The van der Waals surface area contributed by atoms with Crippen molar-refractivity contribution in [3.8, 4) is 5.88 Å². The van der Waals surface area contributed by atoms with Crippen LogP contribution >= 0.6 is 34.4 Å². The van der Waals surface area contributed by atoms with Crippen LogP contribution < -0.4 is 5.56 Å². The Morgan fingerprint density at radius 1 is 1.39 bits per heavy atom. The molecule has 0 radical (unpaired) electrons. The highest BCUT2D eigenvalue weighted by atomic mass is 127. The van der Waals surface area contributed by atoms with Crippen LogP contribution in [0.3, 0.4) is 0 Å². The number of thioether (sulfide) groups is 1. The lowest BCUT2D eigenvalue weighted by Crippen LogP contribution is -2.13. The predicted molar refractivity (Wildman–Crippen MR) is 80.0 cm³/mol. The van der Waals surface area contributed by atoms with Crippen LogP contribution in [0.15, 0.2) is 34.0 Å². The second-order valence-electron chi connectivity index (χ2n) is 3.75. The lowest BCUT2D eigenvalue weighted by Gasteiger charge is -2.03. The molecule has 1 aromatic heterocycles. The second kappa shape index (κ2) is 5.75. The molecule has 0 saturated carbocycles. The van der Waals surface area contributed by atoms with Gasteiger partial charge in [0, 0.05) is 4.90 Å². The van der Waals surface area contributed by atoms with Crippen LogP contribution in [0.4, 0.5) is 0 Å². The Kier molecular flexibility index (Phi) is 4.28. The van der Waals surface area contributed by atoms with Crippen molar-refractivity contribution in [2.45, 2.75) is 17.6 Å². The van der Waals surface area contributed by atoms with E-state index in [0.717, 1.165) is 4.90 Å². The quantitative estimate of drug-likeness (QED) is 0.641. The van der Waals surface area contributed by atoms with E-state index in [1.54, 1.807) is 34.4 Å². The molecule has 0 unspecified atom stereocenters. The number of nitrogens with zero attached hydrogens (tertiary/aromatic N) is 1. The van der Waals surface area contributed by atoms with Crippen molar-refractivity contribution < 1.29 is 5.11 Å². The first-order valence-corrected chi connectivity index (χ1v) is 7.30. The Morgan fingerprint density at radius 3 is 2.67 bits per heavy atom. The molecule has 0 aliphatic rings. The molecule has 1 aromatic carbocycles. The number of hydrogen-bond acceptors (Lipinski definition) is 4. The summed E-state index contributed by atoms with van der Waals surface area (Å²) in [7, 11) is 0. The third-order valence-corrected chi connectivity index (χ3v) is 4.29. The van der Waals surface area contributed by atoms with Gasteiger partial charge in [-0.15, -0.1) is 11.8 Å². The number of nitrogens with one attached hydrogen (secondary N) is 1. The Balaban J connectivity index is 2.11. The van der Waals surface area contributed by atoms with Gasteiger partial charge in [0.25, 0.3) is 5.56 Å². The monoisotopic (exact) mass is 374 g/mol. The maximum Gasteiger partial charge on any atom is 0.268 e. The molecule has 18 heavy (non-hydrogen) atoms. The number of rotatable bonds is 3. The predicted octanol–water partition coefficient (Wildman–Crippen LogP) is 2.68. The first-order chi connectivity index (χ1) is 8.56. The molecular formula is C12H11IN2O2S. The van der Waals surface area contributed by atoms with E-state index in [9.17, 15) is 9.90 Å². The Bertz CT molecular complexity index is 610. The number of aromatic amines is 1. The molecule has 0 atom stereocenters. The van der Waals surface area contributed by atoms with Crippen LogP contribution in [0.5, 0.6) is 5.88 Å². The minimum Gasteiger partial charge on any atom is -0.492 e. The summed E-state index contributed by atoms with van der Waals surface area (Å²) in [5.74, 6) is 0.783. The smallest absolute Gasteiger partial charge is 0.268 e. The normalized spacial score (nSPS) is 10.6. The van der Waals surface area contributed by atoms with Gasteiger partial charge in [0.2, 0.25) is 5.88 Å². The summed E-state index contributed by atoms with van der Waals surface area (Å²) in [6.45, 7) is 2.03. The van der Waals surface area contributed by atoms with E-state index >= 15 is 0 Å². The highest BCUT2D eigenvalue weighted by Crippen LogP contribution is 2.22. The minimum atomic E-state index is -0.303. The van der Waals surface area contributed by atoms with E-state index in [1.807, 2.05) is 31.2 Å². The van der Waals surface area contributed by atoms with E-state index in [1.165, 1.54) is 5.56 Å². The van der Waals surface area contributed by atoms with E-state index in [2.05, 4.69) is 9.97 Å².